The molecule has 2 aromatic rings. The number of carbonyl (C=O) groups excluding carboxylic acids is 4. The van der Waals surface area contributed by atoms with Gasteiger partial charge in [0.2, 0.25) is 11.8 Å². The van der Waals surface area contributed by atoms with Crippen LogP contribution in [-0.4, -0.2) is 81.5 Å². The van der Waals surface area contributed by atoms with Crippen molar-refractivity contribution in [1.29, 1.82) is 0 Å². The van der Waals surface area contributed by atoms with Crippen LogP contribution in [0.1, 0.15) is 63.7 Å². The van der Waals surface area contributed by atoms with Crippen LogP contribution in [-0.2, 0) is 28.7 Å². The fourth-order valence-electron chi connectivity index (χ4n) is 8.30. The third-order valence-corrected chi connectivity index (χ3v) is 11.6. The second-order valence-corrected chi connectivity index (χ2v) is 16.1. The first-order valence-corrected chi connectivity index (χ1v) is 19.2. The molecule has 1 spiro atoms. The number of anilines is 1. The zero-order chi connectivity index (χ0) is 37.9. The van der Waals surface area contributed by atoms with Gasteiger partial charge in [-0.25, -0.2) is 0 Å². The van der Waals surface area contributed by atoms with E-state index in [0.29, 0.717) is 29.1 Å². The maximum atomic E-state index is 15.1. The Labute approximate surface area is 319 Å². The van der Waals surface area contributed by atoms with Crippen LogP contribution in [0.25, 0.3) is 0 Å². The molecule has 0 radical (unpaired) electrons. The number of nitrogens with one attached hydrogen (secondary N) is 1. The summed E-state index contributed by atoms with van der Waals surface area (Å²) in [6, 6.07) is 11.9. The highest BCUT2D eigenvalue weighted by molar-refractivity contribution is 9.09. The van der Waals surface area contributed by atoms with Crippen molar-refractivity contribution >= 4 is 56.9 Å². The van der Waals surface area contributed by atoms with Crippen LogP contribution >= 0.6 is 27.5 Å². The number of allylic oxidation sites excluding steroid dienone is 1. The van der Waals surface area contributed by atoms with Gasteiger partial charge < -0.3 is 29.7 Å². The van der Waals surface area contributed by atoms with Gasteiger partial charge in [0.05, 0.1) is 47.3 Å². The van der Waals surface area contributed by atoms with E-state index in [-0.39, 0.29) is 36.0 Å². The predicted octanol–water partition coefficient (Wildman–Crippen LogP) is 6.08. The van der Waals surface area contributed by atoms with Crippen LogP contribution < -0.4 is 10.2 Å². The third-order valence-electron chi connectivity index (χ3n) is 10.4. The molecular formula is C40H49BrClN3O7. The lowest BCUT2D eigenvalue weighted by Crippen LogP contribution is -2.59. The molecule has 10 nitrogen and oxygen atoms in total. The second-order valence-electron chi connectivity index (χ2n) is 14.5. The number of aliphatic hydroxyl groups excluding tert-OH is 1. The number of para-hydroxylation sites is 1. The monoisotopic (exact) mass is 797 g/mol. The highest BCUT2D eigenvalue weighted by atomic mass is 79.9. The maximum absolute atomic E-state index is 15.1. The number of aliphatic hydroxyl groups is 1. The Hall–Kier alpha value is -3.51. The fraction of sp³-hybridized carbons (Fsp3) is 0.500. The van der Waals surface area contributed by atoms with Crippen LogP contribution in [0.5, 0.6) is 0 Å². The van der Waals surface area contributed by atoms with E-state index in [9.17, 15) is 19.5 Å². The molecule has 2 N–H and O–H groups in total. The lowest BCUT2D eigenvalue weighted by molar-refractivity contribution is -0.162. The Morgan fingerprint density at radius 3 is 2.48 bits per heavy atom. The molecule has 3 saturated heterocycles. The largest absolute Gasteiger partial charge is 0.455 e. The topological polar surface area (TPSA) is 125 Å². The van der Waals surface area contributed by atoms with Crippen molar-refractivity contribution in [2.45, 2.75) is 94.1 Å². The molecule has 280 valence electrons. The second kappa shape index (κ2) is 16.7. The Morgan fingerprint density at radius 1 is 1.15 bits per heavy atom. The average molecular weight is 799 g/mol. The van der Waals surface area contributed by atoms with Gasteiger partial charge in [0.25, 0.3) is 5.91 Å². The number of aryl methyl sites for hydroxylation is 1. The number of benzene rings is 2. The third kappa shape index (κ3) is 7.47. The lowest BCUT2D eigenvalue weighted by atomic mass is 9.70. The summed E-state index contributed by atoms with van der Waals surface area (Å²) in [4.78, 5) is 59.9. The maximum Gasteiger partial charge on any atom is 0.313 e. The van der Waals surface area contributed by atoms with Gasteiger partial charge in [-0.3, -0.25) is 19.2 Å². The minimum absolute atomic E-state index is 0.0745. The van der Waals surface area contributed by atoms with E-state index < -0.39 is 72.2 Å². The Bertz CT molecular complexity index is 1650. The molecule has 3 heterocycles. The summed E-state index contributed by atoms with van der Waals surface area (Å²) in [5.74, 6) is -3.84. The predicted molar refractivity (Wildman–Crippen MR) is 204 cm³/mol. The first-order chi connectivity index (χ1) is 24.8. The van der Waals surface area contributed by atoms with E-state index in [0.717, 1.165) is 5.56 Å². The molecule has 2 aromatic carbocycles. The normalized spacial score (nSPS) is 26.4. The van der Waals surface area contributed by atoms with Crippen LogP contribution in [0, 0.1) is 24.7 Å². The number of rotatable bonds is 16. The molecule has 3 amide bonds. The molecule has 9 atom stereocenters. The van der Waals surface area contributed by atoms with Gasteiger partial charge in [-0.05, 0) is 56.2 Å². The van der Waals surface area contributed by atoms with Crippen molar-refractivity contribution in [2.75, 3.05) is 18.1 Å². The number of hydrogen-bond donors (Lipinski definition) is 2. The minimum atomic E-state index is -1.41. The van der Waals surface area contributed by atoms with Gasteiger partial charge in [-0.15, -0.1) is 13.2 Å². The molecule has 3 aliphatic rings. The van der Waals surface area contributed by atoms with Crippen LogP contribution in [0.15, 0.2) is 73.8 Å². The molecule has 12 heteroatoms. The van der Waals surface area contributed by atoms with Crippen LogP contribution in [0.2, 0.25) is 5.02 Å². The Kier molecular flexibility index (Phi) is 12.7. The lowest BCUT2D eigenvalue weighted by Gasteiger charge is -2.40. The number of hydrogen-bond acceptors (Lipinski definition) is 7. The zero-order valence-corrected chi connectivity index (χ0v) is 32.5. The van der Waals surface area contributed by atoms with E-state index in [2.05, 4.69) is 34.4 Å². The highest BCUT2D eigenvalue weighted by Crippen LogP contribution is 2.61. The zero-order valence-electron chi connectivity index (χ0n) is 30.2. The van der Waals surface area contributed by atoms with E-state index in [1.54, 1.807) is 31.2 Å². The molecule has 3 fully saturated rings. The summed E-state index contributed by atoms with van der Waals surface area (Å²) < 4.78 is 13.1. The number of carbonyl (C=O) groups is 4. The Balaban J connectivity index is 1.57. The van der Waals surface area contributed by atoms with E-state index in [4.69, 9.17) is 21.1 Å². The molecule has 5 rings (SSSR count). The Morgan fingerprint density at radius 2 is 1.87 bits per heavy atom. The standard InChI is InChI=1S/C40H49BrClN3O7/c1-7-9-18-30(47)43-25(6)34(26-15-11-10-12-16-26)51-39(50)31-32-37(48)45(27(22-46)20-23(3)4)36(40(32)21-28(41)35(31)52-40)38(49)44(19-8-2)33-24(5)14-13-17-29(33)42/h7-8,10-17,23,25,27-28,31-32,34-36,46H,1-2,9,18-22H2,3-6H3,(H,43,47)/t25-,27-,28?,31+,32-,34-,35+,36+,40-/m1/s1. The van der Waals surface area contributed by atoms with Gasteiger partial charge in [0.1, 0.15) is 17.7 Å². The summed E-state index contributed by atoms with van der Waals surface area (Å²) in [5, 5.41) is 14.1. The number of amides is 3. The SMILES string of the molecule is C=CCCC(=O)N[C@H](C)[C@@H](OC(=O)[C@@H]1[C@H]2O[C@@]3(CC2Br)[C@H](C(=O)N(CC=C)c2c(C)cccc2Cl)N([C@@H](CO)CC(C)C)C(=O)[C@@H]13)c1ccccc1. The van der Waals surface area contributed by atoms with Gasteiger partial charge in [0.15, 0.2) is 0 Å². The van der Waals surface area contributed by atoms with E-state index in [1.165, 1.54) is 9.80 Å². The van der Waals surface area contributed by atoms with Crippen LogP contribution in [0.3, 0.4) is 0 Å². The quantitative estimate of drug-likeness (QED) is 0.120. The first-order valence-electron chi connectivity index (χ1n) is 17.9. The molecule has 0 aliphatic carbocycles. The molecular weight excluding hydrogens is 750 g/mol. The molecule has 0 saturated carbocycles. The van der Waals surface area contributed by atoms with Crippen molar-refractivity contribution in [3.8, 4) is 0 Å². The number of likely N-dealkylation sites (tertiary alicyclic amines) is 1. The summed E-state index contributed by atoms with van der Waals surface area (Å²) in [5.41, 5.74) is 0.492. The number of esters is 1. The van der Waals surface area contributed by atoms with Crippen molar-refractivity contribution < 1.29 is 33.8 Å². The number of ether oxygens (including phenoxy) is 2. The summed E-state index contributed by atoms with van der Waals surface area (Å²) in [7, 11) is 0. The van der Waals surface area contributed by atoms with E-state index >= 15 is 4.79 Å². The summed E-state index contributed by atoms with van der Waals surface area (Å²) >= 11 is 10.5. The molecule has 3 aliphatic heterocycles. The van der Waals surface area contributed by atoms with Gasteiger partial charge >= 0.3 is 5.97 Å². The highest BCUT2D eigenvalue weighted by Gasteiger charge is 2.77. The molecule has 0 aromatic heterocycles. The number of halogens is 2. The van der Waals surface area contributed by atoms with Crippen molar-refractivity contribution in [3.63, 3.8) is 0 Å². The fourth-order valence-corrected chi connectivity index (χ4v) is 9.57. The molecule has 52 heavy (non-hydrogen) atoms. The van der Waals surface area contributed by atoms with E-state index in [1.807, 2.05) is 57.2 Å². The number of alkyl halides is 1. The van der Waals surface area contributed by atoms with Gasteiger partial charge in [-0.2, -0.15) is 0 Å². The van der Waals surface area contributed by atoms with Crippen molar-refractivity contribution in [1.82, 2.24) is 10.2 Å². The first kappa shape index (κ1) is 39.7. The van der Waals surface area contributed by atoms with Crippen molar-refractivity contribution in [3.05, 3.63) is 90.0 Å². The number of fused-ring (bicyclic) bond motifs is 1. The van der Waals surface area contributed by atoms with Gasteiger partial charge in [-0.1, -0.05) is 96.0 Å². The number of nitrogens with zero attached hydrogens (tertiary/aromatic N) is 2. The molecule has 1 unspecified atom stereocenters. The van der Waals surface area contributed by atoms with Crippen LogP contribution in [0.4, 0.5) is 5.69 Å². The van der Waals surface area contributed by atoms with Crippen molar-refractivity contribution in [2.24, 2.45) is 17.8 Å². The summed E-state index contributed by atoms with van der Waals surface area (Å²) in [6.07, 6.45) is 3.01. The minimum Gasteiger partial charge on any atom is -0.455 e. The molecule has 2 bridgehead atoms. The average Bonchev–Trinajstić information content (AvgIpc) is 3.71. The summed E-state index contributed by atoms with van der Waals surface area (Å²) in [6.45, 7) is 14.9. The van der Waals surface area contributed by atoms with Gasteiger partial charge in [0, 0.05) is 17.8 Å². The smallest absolute Gasteiger partial charge is 0.313 e.